The van der Waals surface area contributed by atoms with E-state index in [0.717, 1.165) is 20.1 Å². The van der Waals surface area contributed by atoms with E-state index in [4.69, 9.17) is 4.74 Å². The Kier molecular flexibility index (Phi) is 5.96. The number of carbonyl (C=O) groups excluding carboxylic acids is 1. The van der Waals surface area contributed by atoms with E-state index in [-0.39, 0.29) is 5.91 Å². The van der Waals surface area contributed by atoms with Crippen LogP contribution in [0.2, 0.25) is 0 Å². The van der Waals surface area contributed by atoms with Crippen LogP contribution in [0.5, 0.6) is 0 Å². The minimum atomic E-state index is -0.110. The third-order valence-electron chi connectivity index (χ3n) is 3.03. The molecule has 0 heterocycles. The van der Waals surface area contributed by atoms with Gasteiger partial charge in [-0.3, -0.25) is 4.79 Å². The molecule has 1 amide bonds. The average Bonchev–Trinajstić information content (AvgIpc) is 2.46. The van der Waals surface area contributed by atoms with Crippen LogP contribution in [0.4, 0.5) is 0 Å². The lowest BCUT2D eigenvalue weighted by Crippen LogP contribution is -2.23. The fourth-order valence-corrected chi connectivity index (χ4v) is 3.20. The molecule has 0 aliphatic carbocycles. The lowest BCUT2D eigenvalue weighted by molar-refractivity contribution is 0.0949. The third kappa shape index (κ3) is 4.40. The Balaban J connectivity index is 2.07. The number of rotatable bonds is 5. The predicted molar refractivity (Wildman–Crippen MR) is 90.2 cm³/mol. The monoisotopic (exact) mass is 411 g/mol. The van der Waals surface area contributed by atoms with Gasteiger partial charge in [-0.1, -0.05) is 40.2 Å². The standard InChI is InChI=1S/C16H15Br2NO2/c1-21-10-12-5-3-2-4-11(12)9-19-16(20)14-7-6-13(17)8-15(14)18/h2-8H,9-10H2,1H3,(H,19,20). The maximum Gasteiger partial charge on any atom is 0.252 e. The molecule has 0 aliphatic rings. The highest BCUT2D eigenvalue weighted by Gasteiger charge is 2.10. The molecule has 0 spiro atoms. The summed E-state index contributed by atoms with van der Waals surface area (Å²) >= 11 is 6.77. The zero-order valence-corrected chi connectivity index (χ0v) is 14.7. The molecule has 3 nitrogen and oxygen atoms in total. The van der Waals surface area contributed by atoms with E-state index in [1.165, 1.54) is 0 Å². The predicted octanol–water partition coefficient (Wildman–Crippen LogP) is 4.29. The van der Waals surface area contributed by atoms with Crippen molar-refractivity contribution in [2.45, 2.75) is 13.2 Å². The van der Waals surface area contributed by atoms with Crippen LogP contribution in [-0.2, 0) is 17.9 Å². The molecule has 0 radical (unpaired) electrons. The Morgan fingerprint density at radius 1 is 1.14 bits per heavy atom. The van der Waals surface area contributed by atoms with Crippen LogP contribution in [0.15, 0.2) is 51.4 Å². The van der Waals surface area contributed by atoms with Crippen LogP contribution >= 0.6 is 31.9 Å². The first kappa shape index (κ1) is 16.2. The number of ether oxygens (including phenoxy) is 1. The Morgan fingerprint density at radius 2 is 1.86 bits per heavy atom. The van der Waals surface area contributed by atoms with Gasteiger partial charge in [-0.2, -0.15) is 0 Å². The first-order valence-corrected chi connectivity index (χ1v) is 7.99. The van der Waals surface area contributed by atoms with Crippen molar-refractivity contribution in [3.8, 4) is 0 Å². The molecule has 0 bridgehead atoms. The molecule has 0 atom stereocenters. The molecule has 110 valence electrons. The fraction of sp³-hybridized carbons (Fsp3) is 0.188. The number of amides is 1. The van der Waals surface area contributed by atoms with Gasteiger partial charge < -0.3 is 10.1 Å². The molecular weight excluding hydrogens is 398 g/mol. The minimum absolute atomic E-state index is 0.110. The number of carbonyl (C=O) groups is 1. The molecule has 1 N–H and O–H groups in total. The molecule has 5 heteroatoms. The van der Waals surface area contributed by atoms with Crippen LogP contribution in [0.3, 0.4) is 0 Å². The van der Waals surface area contributed by atoms with Crippen LogP contribution < -0.4 is 5.32 Å². The maximum atomic E-state index is 12.2. The van der Waals surface area contributed by atoms with Crippen LogP contribution in [-0.4, -0.2) is 13.0 Å². The highest BCUT2D eigenvalue weighted by molar-refractivity contribution is 9.11. The summed E-state index contributed by atoms with van der Waals surface area (Å²) in [7, 11) is 1.66. The van der Waals surface area contributed by atoms with E-state index in [1.54, 1.807) is 13.2 Å². The fourth-order valence-electron chi connectivity index (χ4n) is 1.97. The number of methoxy groups -OCH3 is 1. The Hall–Kier alpha value is -1.17. The highest BCUT2D eigenvalue weighted by Crippen LogP contribution is 2.22. The normalized spacial score (nSPS) is 10.4. The van der Waals surface area contributed by atoms with Crippen molar-refractivity contribution in [3.05, 3.63) is 68.1 Å². The molecule has 2 aromatic rings. The van der Waals surface area contributed by atoms with Gasteiger partial charge in [0.2, 0.25) is 0 Å². The number of hydrogen-bond donors (Lipinski definition) is 1. The summed E-state index contributed by atoms with van der Waals surface area (Å²) in [5.74, 6) is -0.110. The molecule has 0 saturated heterocycles. The van der Waals surface area contributed by atoms with Gasteiger partial charge in [0.25, 0.3) is 5.91 Å². The Bertz CT molecular complexity index is 644. The topological polar surface area (TPSA) is 38.3 Å². The summed E-state index contributed by atoms with van der Waals surface area (Å²) in [5, 5.41) is 2.93. The quantitative estimate of drug-likeness (QED) is 0.795. The molecule has 0 unspecified atom stereocenters. The van der Waals surface area contributed by atoms with Crippen molar-refractivity contribution in [1.82, 2.24) is 5.32 Å². The van der Waals surface area contributed by atoms with E-state index in [1.807, 2.05) is 36.4 Å². The van der Waals surface area contributed by atoms with Gasteiger partial charge in [0.05, 0.1) is 12.2 Å². The summed E-state index contributed by atoms with van der Waals surface area (Å²) < 4.78 is 6.86. The summed E-state index contributed by atoms with van der Waals surface area (Å²) in [6.07, 6.45) is 0. The van der Waals surface area contributed by atoms with E-state index in [2.05, 4.69) is 37.2 Å². The van der Waals surface area contributed by atoms with Crippen molar-refractivity contribution < 1.29 is 9.53 Å². The molecule has 0 aliphatic heterocycles. The zero-order valence-electron chi connectivity index (χ0n) is 11.5. The van der Waals surface area contributed by atoms with Crippen LogP contribution in [0, 0.1) is 0 Å². The summed E-state index contributed by atoms with van der Waals surface area (Å²) in [6, 6.07) is 13.4. The molecule has 0 saturated carbocycles. The second-order valence-corrected chi connectivity index (χ2v) is 6.28. The van der Waals surface area contributed by atoms with Crippen molar-refractivity contribution in [3.63, 3.8) is 0 Å². The zero-order chi connectivity index (χ0) is 15.2. The van der Waals surface area contributed by atoms with E-state index in [9.17, 15) is 4.79 Å². The SMILES string of the molecule is COCc1ccccc1CNC(=O)c1ccc(Br)cc1Br. The first-order valence-electron chi connectivity index (χ1n) is 6.41. The minimum Gasteiger partial charge on any atom is -0.380 e. The maximum absolute atomic E-state index is 12.2. The van der Waals surface area contributed by atoms with Crippen molar-refractivity contribution in [1.29, 1.82) is 0 Å². The Morgan fingerprint density at radius 3 is 2.52 bits per heavy atom. The number of halogens is 2. The lowest BCUT2D eigenvalue weighted by Gasteiger charge is -2.11. The van der Waals surface area contributed by atoms with E-state index in [0.29, 0.717) is 18.7 Å². The van der Waals surface area contributed by atoms with Crippen LogP contribution in [0.25, 0.3) is 0 Å². The number of hydrogen-bond acceptors (Lipinski definition) is 2. The van der Waals surface area contributed by atoms with Crippen molar-refractivity contribution >= 4 is 37.8 Å². The smallest absolute Gasteiger partial charge is 0.252 e. The average molecular weight is 413 g/mol. The van der Waals surface area contributed by atoms with Crippen molar-refractivity contribution in [2.24, 2.45) is 0 Å². The van der Waals surface area contributed by atoms with Crippen LogP contribution in [0.1, 0.15) is 21.5 Å². The number of benzene rings is 2. The molecule has 0 aromatic heterocycles. The molecular formula is C16H15Br2NO2. The summed E-state index contributed by atoms with van der Waals surface area (Å²) in [4.78, 5) is 12.2. The van der Waals surface area contributed by atoms with Gasteiger partial charge in [-0.05, 0) is 45.3 Å². The third-order valence-corrected chi connectivity index (χ3v) is 4.18. The molecule has 0 fully saturated rings. The highest BCUT2D eigenvalue weighted by atomic mass is 79.9. The second kappa shape index (κ2) is 7.73. The van der Waals surface area contributed by atoms with E-state index < -0.39 is 0 Å². The van der Waals surface area contributed by atoms with Crippen molar-refractivity contribution in [2.75, 3.05) is 7.11 Å². The van der Waals surface area contributed by atoms with Gasteiger partial charge in [0.1, 0.15) is 0 Å². The lowest BCUT2D eigenvalue weighted by atomic mass is 10.1. The van der Waals surface area contributed by atoms with Gasteiger partial charge >= 0.3 is 0 Å². The van der Waals surface area contributed by atoms with Gasteiger partial charge in [0.15, 0.2) is 0 Å². The summed E-state index contributed by atoms with van der Waals surface area (Å²) in [5.41, 5.74) is 2.75. The van der Waals surface area contributed by atoms with Gasteiger partial charge in [0, 0.05) is 22.6 Å². The molecule has 2 rings (SSSR count). The molecule has 2 aromatic carbocycles. The largest absolute Gasteiger partial charge is 0.380 e. The second-order valence-electron chi connectivity index (χ2n) is 4.51. The Labute approximate surface area is 141 Å². The number of nitrogens with one attached hydrogen (secondary N) is 1. The van der Waals surface area contributed by atoms with Gasteiger partial charge in [-0.15, -0.1) is 0 Å². The first-order chi connectivity index (χ1) is 10.1. The molecule has 21 heavy (non-hydrogen) atoms. The summed E-state index contributed by atoms with van der Waals surface area (Å²) in [6.45, 7) is 1.01. The van der Waals surface area contributed by atoms with Gasteiger partial charge in [-0.25, -0.2) is 0 Å². The van der Waals surface area contributed by atoms with E-state index >= 15 is 0 Å².